The molecule has 0 aromatic carbocycles. The smallest absolute Gasteiger partial charge is 0.249 e. The van der Waals surface area contributed by atoms with Crippen molar-refractivity contribution in [2.75, 3.05) is 5.75 Å². The zero-order valence-electron chi connectivity index (χ0n) is 7.13. The first-order valence-electron chi connectivity index (χ1n) is 3.50. The predicted octanol–water partition coefficient (Wildman–Crippen LogP) is 0.364. The molecule has 0 radical (unpaired) electrons. The van der Waals surface area contributed by atoms with Crippen LogP contribution in [0, 0.1) is 0 Å². The van der Waals surface area contributed by atoms with Crippen LogP contribution in [-0.2, 0) is 4.79 Å². The minimum Gasteiger partial charge on any atom is -0.379 e. The van der Waals surface area contributed by atoms with Crippen LogP contribution >= 0.6 is 11.8 Å². The Morgan fingerprint density at radius 1 is 1.73 bits per heavy atom. The third kappa shape index (κ3) is 4.27. The fourth-order valence-corrected chi connectivity index (χ4v) is 1.20. The van der Waals surface area contributed by atoms with Crippen LogP contribution in [0.3, 0.4) is 0 Å². The van der Waals surface area contributed by atoms with Crippen molar-refractivity contribution in [3.05, 3.63) is 0 Å². The highest BCUT2D eigenvalue weighted by Crippen LogP contribution is 2.16. The molecule has 3 N–H and O–H groups in total. The summed E-state index contributed by atoms with van der Waals surface area (Å²) in [5.74, 6) is -0.300. The average Bonchev–Trinajstić information content (AvgIpc) is 1.84. The number of carbonyl (C=O) groups is 1. The van der Waals surface area contributed by atoms with Crippen molar-refractivity contribution in [2.24, 2.45) is 5.73 Å². The van der Waals surface area contributed by atoms with E-state index in [1.165, 1.54) is 18.7 Å². The Morgan fingerprint density at radius 2 is 2.18 bits per heavy atom. The molecular formula is C7H15NO2S. The van der Waals surface area contributed by atoms with E-state index in [0.717, 1.165) is 0 Å². The number of thioether (sulfide) groups is 1. The second-order valence-corrected chi connectivity index (χ2v) is 4.56. The molecule has 0 saturated heterocycles. The molecule has 0 heterocycles. The van der Waals surface area contributed by atoms with E-state index in [-0.39, 0.29) is 0 Å². The lowest BCUT2D eigenvalue weighted by Crippen LogP contribution is -2.43. The number of aliphatic hydroxyl groups is 1. The van der Waals surface area contributed by atoms with Crippen LogP contribution in [0.15, 0.2) is 0 Å². The maximum Gasteiger partial charge on any atom is 0.249 e. The Kier molecular flexibility index (Phi) is 3.89. The van der Waals surface area contributed by atoms with Crippen LogP contribution in [0.4, 0.5) is 0 Å². The first-order valence-corrected chi connectivity index (χ1v) is 4.55. The zero-order valence-corrected chi connectivity index (χ0v) is 7.94. The predicted molar refractivity (Wildman–Crippen MR) is 47.4 cm³/mol. The first-order chi connectivity index (χ1) is 4.86. The monoisotopic (exact) mass is 177 g/mol. The highest BCUT2D eigenvalue weighted by atomic mass is 32.2. The maximum absolute atomic E-state index is 10.6. The largest absolute Gasteiger partial charge is 0.379 e. The van der Waals surface area contributed by atoms with Crippen molar-refractivity contribution < 1.29 is 9.90 Å². The summed E-state index contributed by atoms with van der Waals surface area (Å²) < 4.78 is 0. The average molecular weight is 177 g/mol. The molecular weight excluding hydrogens is 162 g/mol. The van der Waals surface area contributed by atoms with Gasteiger partial charge in [0.05, 0.1) is 0 Å². The highest BCUT2D eigenvalue weighted by molar-refractivity contribution is 7.99. The van der Waals surface area contributed by atoms with E-state index in [1.54, 1.807) is 0 Å². The number of amides is 1. The molecule has 0 spiro atoms. The summed E-state index contributed by atoms with van der Waals surface area (Å²) in [5.41, 5.74) is 3.59. The molecule has 0 bridgehead atoms. The van der Waals surface area contributed by atoms with E-state index in [2.05, 4.69) is 0 Å². The topological polar surface area (TPSA) is 63.3 Å². The van der Waals surface area contributed by atoms with E-state index < -0.39 is 11.5 Å². The van der Waals surface area contributed by atoms with Crippen LogP contribution in [-0.4, -0.2) is 27.6 Å². The van der Waals surface area contributed by atoms with Gasteiger partial charge in [-0.1, -0.05) is 13.8 Å². The normalized spacial score (nSPS) is 16.5. The third-order valence-electron chi connectivity index (χ3n) is 1.23. The fraction of sp³-hybridized carbons (Fsp3) is 0.857. The van der Waals surface area contributed by atoms with Crippen molar-refractivity contribution in [1.29, 1.82) is 0 Å². The Balaban J connectivity index is 3.83. The standard InChI is InChI=1S/C7H15NO2S/c1-5(2)11-4-7(3,10)6(8)9/h5,10H,4H2,1-3H3,(H2,8,9). The Morgan fingerprint density at radius 3 is 2.45 bits per heavy atom. The number of hydrogen-bond acceptors (Lipinski definition) is 3. The maximum atomic E-state index is 10.6. The third-order valence-corrected chi connectivity index (χ3v) is 2.62. The molecule has 1 unspecified atom stereocenters. The zero-order chi connectivity index (χ0) is 9.07. The minimum absolute atomic E-state index is 0.361. The van der Waals surface area contributed by atoms with Gasteiger partial charge >= 0.3 is 0 Å². The van der Waals surface area contributed by atoms with Gasteiger partial charge < -0.3 is 10.8 Å². The Labute approximate surface area is 71.3 Å². The summed E-state index contributed by atoms with van der Waals surface area (Å²) >= 11 is 1.52. The van der Waals surface area contributed by atoms with Gasteiger partial charge in [-0.05, 0) is 12.2 Å². The summed E-state index contributed by atoms with van der Waals surface area (Å²) in [5, 5.41) is 9.75. The lowest BCUT2D eigenvalue weighted by molar-refractivity contribution is -0.132. The quantitative estimate of drug-likeness (QED) is 0.652. The molecule has 1 atom stereocenters. The highest BCUT2D eigenvalue weighted by Gasteiger charge is 2.27. The van der Waals surface area contributed by atoms with Crippen molar-refractivity contribution in [1.82, 2.24) is 0 Å². The van der Waals surface area contributed by atoms with Crippen LogP contribution in [0.5, 0.6) is 0 Å². The summed E-state index contributed by atoms with van der Waals surface area (Å²) in [6.45, 7) is 5.44. The van der Waals surface area contributed by atoms with E-state index in [9.17, 15) is 9.90 Å². The van der Waals surface area contributed by atoms with Crippen LogP contribution < -0.4 is 5.73 Å². The van der Waals surface area contributed by atoms with Gasteiger partial charge in [0.15, 0.2) is 0 Å². The number of rotatable bonds is 4. The molecule has 0 aromatic rings. The molecule has 1 amide bonds. The second kappa shape index (κ2) is 3.97. The number of carbonyl (C=O) groups excluding carboxylic acids is 1. The van der Waals surface area contributed by atoms with Crippen LogP contribution in [0.1, 0.15) is 20.8 Å². The molecule has 3 nitrogen and oxygen atoms in total. The van der Waals surface area contributed by atoms with Gasteiger partial charge in [-0.3, -0.25) is 4.79 Å². The molecule has 66 valence electrons. The van der Waals surface area contributed by atoms with Crippen LogP contribution in [0.25, 0.3) is 0 Å². The molecule has 11 heavy (non-hydrogen) atoms. The van der Waals surface area contributed by atoms with Crippen molar-refractivity contribution in [3.8, 4) is 0 Å². The molecule has 0 saturated carbocycles. The molecule has 0 aliphatic rings. The first kappa shape index (κ1) is 10.8. The lowest BCUT2D eigenvalue weighted by atomic mass is 10.1. The summed E-state index contributed by atoms with van der Waals surface area (Å²) in [6, 6.07) is 0. The van der Waals surface area contributed by atoms with E-state index in [0.29, 0.717) is 11.0 Å². The number of nitrogens with two attached hydrogens (primary N) is 1. The van der Waals surface area contributed by atoms with E-state index in [4.69, 9.17) is 5.73 Å². The second-order valence-electron chi connectivity index (χ2n) is 3.00. The molecule has 4 heteroatoms. The van der Waals surface area contributed by atoms with Gasteiger partial charge in [0, 0.05) is 5.75 Å². The van der Waals surface area contributed by atoms with E-state index >= 15 is 0 Å². The minimum atomic E-state index is -1.37. The molecule has 0 rings (SSSR count). The van der Waals surface area contributed by atoms with Gasteiger partial charge in [-0.2, -0.15) is 11.8 Å². The van der Waals surface area contributed by atoms with Gasteiger partial charge in [0.1, 0.15) is 5.60 Å². The van der Waals surface area contributed by atoms with Crippen LogP contribution in [0.2, 0.25) is 0 Å². The van der Waals surface area contributed by atoms with Gasteiger partial charge in [-0.25, -0.2) is 0 Å². The number of primary amides is 1. The SMILES string of the molecule is CC(C)SCC(C)(O)C(N)=O. The van der Waals surface area contributed by atoms with Crippen molar-refractivity contribution in [2.45, 2.75) is 31.6 Å². The fourth-order valence-electron chi connectivity index (χ4n) is 0.400. The molecule has 0 aromatic heterocycles. The summed E-state index contributed by atoms with van der Waals surface area (Å²) in [6.07, 6.45) is 0. The van der Waals surface area contributed by atoms with E-state index in [1.807, 2.05) is 13.8 Å². The summed E-state index contributed by atoms with van der Waals surface area (Å²) in [7, 11) is 0. The Bertz CT molecular complexity index is 145. The van der Waals surface area contributed by atoms with Gasteiger partial charge in [0.25, 0.3) is 0 Å². The van der Waals surface area contributed by atoms with Crippen molar-refractivity contribution in [3.63, 3.8) is 0 Å². The molecule has 0 aliphatic carbocycles. The molecule has 0 aliphatic heterocycles. The van der Waals surface area contributed by atoms with Gasteiger partial charge in [-0.15, -0.1) is 0 Å². The number of hydrogen-bond donors (Lipinski definition) is 2. The Hall–Kier alpha value is -0.220. The van der Waals surface area contributed by atoms with Gasteiger partial charge in [0.2, 0.25) is 5.91 Å². The lowest BCUT2D eigenvalue weighted by Gasteiger charge is -2.19. The molecule has 0 fully saturated rings. The summed E-state index contributed by atoms with van der Waals surface area (Å²) in [4.78, 5) is 10.6. The van der Waals surface area contributed by atoms with Crippen molar-refractivity contribution >= 4 is 17.7 Å².